The summed E-state index contributed by atoms with van der Waals surface area (Å²) < 4.78 is 30.4. The van der Waals surface area contributed by atoms with Gasteiger partial charge in [-0.05, 0) is 25.1 Å². The van der Waals surface area contributed by atoms with Crippen LogP contribution in [0.15, 0.2) is 23.1 Å². The van der Waals surface area contributed by atoms with Crippen LogP contribution in [0.5, 0.6) is 0 Å². The molecule has 1 rings (SSSR count). The minimum atomic E-state index is -3.79. The van der Waals surface area contributed by atoms with Gasteiger partial charge in [-0.2, -0.15) is 0 Å². The molecular formula is C12H15Cl2NO4S. The number of nitrogens with zero attached hydrogens (tertiary/aromatic N) is 1. The highest BCUT2D eigenvalue weighted by molar-refractivity contribution is 7.89. The van der Waals surface area contributed by atoms with Gasteiger partial charge in [-0.3, -0.25) is 4.79 Å². The van der Waals surface area contributed by atoms with Gasteiger partial charge in [0.2, 0.25) is 10.0 Å². The number of rotatable bonds is 6. The van der Waals surface area contributed by atoms with E-state index in [2.05, 4.69) is 0 Å². The van der Waals surface area contributed by atoms with Crippen molar-refractivity contribution in [3.63, 3.8) is 0 Å². The zero-order valence-corrected chi connectivity index (χ0v) is 13.4. The first-order valence-electron chi connectivity index (χ1n) is 5.86. The fourth-order valence-corrected chi connectivity index (χ4v) is 3.35. The fourth-order valence-electron chi connectivity index (χ4n) is 1.44. The Morgan fingerprint density at radius 3 is 2.60 bits per heavy atom. The smallest absolute Gasteiger partial charge is 0.307 e. The van der Waals surface area contributed by atoms with E-state index in [-0.39, 0.29) is 34.5 Å². The molecule has 0 aromatic heterocycles. The Labute approximate surface area is 128 Å². The second-order valence-electron chi connectivity index (χ2n) is 3.96. The first kappa shape index (κ1) is 17.2. The molecule has 5 nitrogen and oxygen atoms in total. The van der Waals surface area contributed by atoms with Crippen molar-refractivity contribution in [3.05, 3.63) is 28.2 Å². The molecule has 1 aromatic carbocycles. The molecule has 0 bridgehead atoms. The third-order valence-corrected chi connectivity index (χ3v) is 5.09. The second-order valence-corrected chi connectivity index (χ2v) is 6.81. The van der Waals surface area contributed by atoms with Gasteiger partial charge in [-0.15, -0.1) is 0 Å². The zero-order valence-electron chi connectivity index (χ0n) is 11.1. The van der Waals surface area contributed by atoms with E-state index in [0.29, 0.717) is 0 Å². The van der Waals surface area contributed by atoms with E-state index in [1.54, 1.807) is 6.92 Å². The molecule has 0 atom stereocenters. The Kier molecular flexibility index (Phi) is 6.26. The van der Waals surface area contributed by atoms with Gasteiger partial charge in [0.05, 0.1) is 18.1 Å². The number of ether oxygens (including phenoxy) is 1. The van der Waals surface area contributed by atoms with Crippen LogP contribution in [0, 0.1) is 0 Å². The van der Waals surface area contributed by atoms with Gasteiger partial charge in [0.1, 0.15) is 4.90 Å². The van der Waals surface area contributed by atoms with E-state index in [9.17, 15) is 13.2 Å². The van der Waals surface area contributed by atoms with Crippen molar-refractivity contribution in [1.82, 2.24) is 4.31 Å². The summed E-state index contributed by atoms with van der Waals surface area (Å²) in [7, 11) is -2.43. The molecule has 0 radical (unpaired) electrons. The van der Waals surface area contributed by atoms with E-state index in [0.717, 1.165) is 4.31 Å². The minimum Gasteiger partial charge on any atom is -0.466 e. The maximum Gasteiger partial charge on any atom is 0.307 e. The van der Waals surface area contributed by atoms with Gasteiger partial charge in [-0.1, -0.05) is 23.2 Å². The van der Waals surface area contributed by atoms with Gasteiger partial charge >= 0.3 is 5.97 Å². The normalized spacial score (nSPS) is 11.7. The van der Waals surface area contributed by atoms with E-state index >= 15 is 0 Å². The van der Waals surface area contributed by atoms with Crippen LogP contribution in [-0.4, -0.2) is 38.9 Å². The van der Waals surface area contributed by atoms with Crippen LogP contribution in [0.1, 0.15) is 13.3 Å². The highest BCUT2D eigenvalue weighted by Crippen LogP contribution is 2.27. The predicted octanol–water partition coefficient (Wildman–Crippen LogP) is 2.57. The predicted molar refractivity (Wildman–Crippen MR) is 77.5 cm³/mol. The maximum atomic E-state index is 12.3. The van der Waals surface area contributed by atoms with E-state index < -0.39 is 16.0 Å². The van der Waals surface area contributed by atoms with E-state index in [1.807, 2.05) is 0 Å². The Balaban J connectivity index is 2.87. The molecule has 0 spiro atoms. The van der Waals surface area contributed by atoms with E-state index in [1.165, 1.54) is 25.2 Å². The van der Waals surface area contributed by atoms with Crippen molar-refractivity contribution in [1.29, 1.82) is 0 Å². The molecule has 0 saturated heterocycles. The van der Waals surface area contributed by atoms with Crippen LogP contribution >= 0.6 is 23.2 Å². The molecule has 0 heterocycles. The number of esters is 1. The van der Waals surface area contributed by atoms with E-state index in [4.69, 9.17) is 27.9 Å². The average molecular weight is 340 g/mol. The number of carbonyl (C=O) groups is 1. The van der Waals surface area contributed by atoms with Crippen LogP contribution in [-0.2, 0) is 19.6 Å². The SMILES string of the molecule is CCOC(=O)CCN(C)S(=O)(=O)c1cc(Cl)ccc1Cl. The molecule has 20 heavy (non-hydrogen) atoms. The summed E-state index contributed by atoms with van der Waals surface area (Å²) in [5.41, 5.74) is 0. The quantitative estimate of drug-likeness (QED) is 0.747. The number of halogens is 2. The van der Waals surface area contributed by atoms with Crippen molar-refractivity contribution in [2.45, 2.75) is 18.2 Å². The molecule has 112 valence electrons. The molecule has 0 saturated carbocycles. The fraction of sp³-hybridized carbons (Fsp3) is 0.417. The summed E-state index contributed by atoms with van der Waals surface area (Å²) in [6.45, 7) is 1.95. The lowest BCUT2D eigenvalue weighted by Gasteiger charge is -2.17. The van der Waals surface area contributed by atoms with Gasteiger partial charge in [0.25, 0.3) is 0 Å². The van der Waals surface area contributed by atoms with Crippen LogP contribution in [0.4, 0.5) is 0 Å². The number of hydrogen-bond acceptors (Lipinski definition) is 4. The Hall–Kier alpha value is -0.820. The number of sulfonamides is 1. The summed E-state index contributed by atoms with van der Waals surface area (Å²) in [6, 6.07) is 4.19. The lowest BCUT2D eigenvalue weighted by atomic mass is 10.4. The van der Waals surface area contributed by atoms with Crippen LogP contribution in [0.3, 0.4) is 0 Å². The maximum absolute atomic E-state index is 12.3. The van der Waals surface area contributed by atoms with Crippen LogP contribution in [0.25, 0.3) is 0 Å². The molecule has 0 aliphatic carbocycles. The van der Waals surface area contributed by atoms with Crippen molar-refractivity contribution < 1.29 is 17.9 Å². The third-order valence-electron chi connectivity index (χ3n) is 2.52. The lowest BCUT2D eigenvalue weighted by molar-refractivity contribution is -0.143. The summed E-state index contributed by atoms with van der Waals surface area (Å²) in [6.07, 6.45) is -0.0260. The summed E-state index contributed by atoms with van der Waals surface area (Å²) in [5, 5.41) is 0.351. The van der Waals surface area contributed by atoms with Gasteiger partial charge in [-0.25, -0.2) is 12.7 Å². The number of hydrogen-bond donors (Lipinski definition) is 0. The number of carbonyl (C=O) groups excluding carboxylic acids is 1. The summed E-state index contributed by atoms with van der Waals surface area (Å²) >= 11 is 11.7. The van der Waals surface area contributed by atoms with Gasteiger partial charge in [0, 0.05) is 18.6 Å². The molecule has 0 unspecified atom stereocenters. The van der Waals surface area contributed by atoms with Crippen molar-refractivity contribution in [2.24, 2.45) is 0 Å². The Bertz CT molecular complexity index is 589. The largest absolute Gasteiger partial charge is 0.466 e. The highest BCUT2D eigenvalue weighted by Gasteiger charge is 2.24. The van der Waals surface area contributed by atoms with Gasteiger partial charge < -0.3 is 4.74 Å². The highest BCUT2D eigenvalue weighted by atomic mass is 35.5. The monoisotopic (exact) mass is 339 g/mol. The molecule has 0 N–H and O–H groups in total. The first-order chi connectivity index (χ1) is 9.28. The standard InChI is InChI=1S/C12H15Cl2NO4S/c1-3-19-12(16)6-7-15(2)20(17,18)11-8-9(13)4-5-10(11)14/h4-5,8H,3,6-7H2,1-2H3. The molecule has 0 aliphatic heterocycles. The van der Waals surface area contributed by atoms with Gasteiger partial charge in [0.15, 0.2) is 0 Å². The molecule has 8 heteroatoms. The third kappa shape index (κ3) is 4.34. The Morgan fingerprint density at radius 2 is 2.00 bits per heavy atom. The van der Waals surface area contributed by atoms with Crippen LogP contribution < -0.4 is 0 Å². The summed E-state index contributed by atoms with van der Waals surface area (Å²) in [5.74, 6) is -0.452. The molecule has 0 aliphatic rings. The summed E-state index contributed by atoms with van der Waals surface area (Å²) in [4.78, 5) is 11.2. The lowest BCUT2D eigenvalue weighted by Crippen LogP contribution is -2.29. The topological polar surface area (TPSA) is 63.7 Å². The minimum absolute atomic E-state index is 0.00398. The zero-order chi connectivity index (χ0) is 15.3. The molecule has 0 fully saturated rings. The second kappa shape index (κ2) is 7.26. The van der Waals surface area contributed by atoms with Crippen molar-refractivity contribution in [3.8, 4) is 0 Å². The molecule has 1 aromatic rings. The average Bonchev–Trinajstić information content (AvgIpc) is 2.38. The van der Waals surface area contributed by atoms with Crippen molar-refractivity contribution >= 4 is 39.2 Å². The number of benzene rings is 1. The van der Waals surface area contributed by atoms with Crippen LogP contribution in [0.2, 0.25) is 10.0 Å². The Morgan fingerprint density at radius 1 is 1.35 bits per heavy atom. The van der Waals surface area contributed by atoms with Crippen molar-refractivity contribution in [2.75, 3.05) is 20.2 Å². The molecular weight excluding hydrogens is 325 g/mol. The molecule has 0 amide bonds. The first-order valence-corrected chi connectivity index (χ1v) is 8.05.